The number of ether oxygens (including phenoxy) is 1. The zero-order valence-electron chi connectivity index (χ0n) is 9.78. The van der Waals surface area contributed by atoms with E-state index in [9.17, 15) is 4.79 Å². The molecule has 18 heavy (non-hydrogen) atoms. The molecule has 2 aromatic rings. The third-order valence-corrected chi connectivity index (χ3v) is 2.69. The monoisotopic (exact) mass is 257 g/mol. The highest BCUT2D eigenvalue weighted by molar-refractivity contribution is 7.77. The summed E-state index contributed by atoms with van der Waals surface area (Å²) in [5, 5.41) is -0.383. The fourth-order valence-electron chi connectivity index (χ4n) is 1.79. The maximum atomic E-state index is 10.9. The van der Waals surface area contributed by atoms with Crippen molar-refractivity contribution in [1.29, 1.82) is 0 Å². The number of hydrogen-bond donors (Lipinski definition) is 0. The van der Waals surface area contributed by atoms with Gasteiger partial charge in [-0.2, -0.15) is 0 Å². The molecule has 0 spiro atoms. The molecule has 0 saturated heterocycles. The Kier molecular flexibility index (Phi) is 4.45. The number of rotatable bonds is 5. The molecule has 2 nitrogen and oxygen atoms in total. The minimum Gasteiger partial charge on any atom is -0.740 e. The Bertz CT molecular complexity index is 457. The van der Waals surface area contributed by atoms with Gasteiger partial charge in [-0.1, -0.05) is 60.7 Å². The highest BCUT2D eigenvalue weighted by Crippen LogP contribution is 2.25. The van der Waals surface area contributed by atoms with E-state index < -0.39 is 0 Å². The van der Waals surface area contributed by atoms with Crippen molar-refractivity contribution in [3.63, 3.8) is 0 Å². The molecule has 0 aliphatic heterocycles. The highest BCUT2D eigenvalue weighted by Gasteiger charge is 2.13. The number of carbonyl (C=O) groups is 1. The molecule has 0 amide bonds. The molecule has 3 heteroatoms. The summed E-state index contributed by atoms with van der Waals surface area (Å²) in [6, 6.07) is 19.6. The Morgan fingerprint density at radius 3 is 1.78 bits per heavy atom. The van der Waals surface area contributed by atoms with Gasteiger partial charge in [0.2, 0.25) is 0 Å². The SMILES string of the molecule is O=C([S-])COC(c1ccccc1)c1ccccc1. The molecule has 0 bridgehead atoms. The lowest BCUT2D eigenvalue weighted by Crippen LogP contribution is -2.12. The second-order valence-electron chi connectivity index (χ2n) is 3.88. The topological polar surface area (TPSA) is 26.3 Å². The second-order valence-corrected chi connectivity index (χ2v) is 4.34. The smallest absolute Gasteiger partial charge is 0.108 e. The lowest BCUT2D eigenvalue weighted by molar-refractivity contribution is -0.116. The van der Waals surface area contributed by atoms with Crippen LogP contribution in [0.3, 0.4) is 0 Å². The Morgan fingerprint density at radius 1 is 0.944 bits per heavy atom. The molecule has 0 heterocycles. The average molecular weight is 257 g/mol. The van der Waals surface area contributed by atoms with Crippen molar-refractivity contribution in [2.75, 3.05) is 6.61 Å². The van der Waals surface area contributed by atoms with Crippen LogP contribution in [0, 0.1) is 0 Å². The maximum absolute atomic E-state index is 10.9. The van der Waals surface area contributed by atoms with Crippen LogP contribution >= 0.6 is 0 Å². The third-order valence-electron chi connectivity index (χ3n) is 2.57. The lowest BCUT2D eigenvalue weighted by Gasteiger charge is -2.19. The van der Waals surface area contributed by atoms with E-state index in [1.165, 1.54) is 0 Å². The largest absolute Gasteiger partial charge is 0.740 e. The Hall–Kier alpha value is -1.71. The van der Waals surface area contributed by atoms with E-state index in [1.54, 1.807) is 0 Å². The summed E-state index contributed by atoms with van der Waals surface area (Å²) in [6.07, 6.45) is -0.251. The van der Waals surface area contributed by atoms with E-state index in [-0.39, 0.29) is 17.8 Å². The van der Waals surface area contributed by atoms with Crippen LogP contribution in [-0.2, 0) is 22.2 Å². The van der Waals surface area contributed by atoms with Crippen molar-refractivity contribution in [1.82, 2.24) is 0 Å². The van der Waals surface area contributed by atoms with Crippen LogP contribution in [0.1, 0.15) is 17.2 Å². The number of benzene rings is 2. The summed E-state index contributed by atoms with van der Waals surface area (Å²) in [7, 11) is 0. The molecule has 0 saturated carbocycles. The van der Waals surface area contributed by atoms with Crippen molar-refractivity contribution in [3.05, 3.63) is 71.8 Å². The van der Waals surface area contributed by atoms with Gasteiger partial charge < -0.3 is 22.2 Å². The second kappa shape index (κ2) is 6.28. The van der Waals surface area contributed by atoms with Gasteiger partial charge in [-0.3, -0.25) is 0 Å². The van der Waals surface area contributed by atoms with Crippen LogP contribution in [0.5, 0.6) is 0 Å². The molecule has 0 unspecified atom stereocenters. The number of hydrogen-bond acceptors (Lipinski definition) is 3. The molecular formula is C15H13O2S-. The van der Waals surface area contributed by atoms with Gasteiger partial charge in [-0.15, -0.1) is 0 Å². The molecular weight excluding hydrogens is 244 g/mol. The molecule has 0 aliphatic rings. The summed E-state index contributed by atoms with van der Waals surface area (Å²) < 4.78 is 5.62. The first-order valence-corrected chi connectivity index (χ1v) is 6.09. The van der Waals surface area contributed by atoms with Crippen LogP contribution in [0.25, 0.3) is 0 Å². The fourth-order valence-corrected chi connectivity index (χ4v) is 1.86. The summed E-state index contributed by atoms with van der Waals surface area (Å²) in [5.74, 6) is 0. The van der Waals surface area contributed by atoms with Crippen molar-refractivity contribution < 1.29 is 9.53 Å². The molecule has 0 aromatic heterocycles. The van der Waals surface area contributed by atoms with E-state index in [0.29, 0.717) is 0 Å². The van der Waals surface area contributed by atoms with Gasteiger partial charge in [0.1, 0.15) is 6.10 Å². The zero-order valence-corrected chi connectivity index (χ0v) is 10.6. The van der Waals surface area contributed by atoms with Crippen LogP contribution in [0.2, 0.25) is 0 Å². The van der Waals surface area contributed by atoms with Crippen molar-refractivity contribution >= 4 is 17.7 Å². The predicted molar refractivity (Wildman–Crippen MR) is 73.1 cm³/mol. The lowest BCUT2D eigenvalue weighted by atomic mass is 10.0. The molecule has 0 N–H and O–H groups in total. The van der Waals surface area contributed by atoms with Crippen molar-refractivity contribution in [3.8, 4) is 0 Å². The molecule has 0 fully saturated rings. The van der Waals surface area contributed by atoms with Crippen LogP contribution in [0.15, 0.2) is 60.7 Å². The summed E-state index contributed by atoms with van der Waals surface area (Å²) in [6.45, 7) is -0.0518. The van der Waals surface area contributed by atoms with Crippen molar-refractivity contribution in [2.45, 2.75) is 6.10 Å². The quantitative estimate of drug-likeness (QED) is 0.770. The maximum Gasteiger partial charge on any atom is 0.108 e. The minimum absolute atomic E-state index is 0.0518. The normalized spacial score (nSPS) is 10.5. The van der Waals surface area contributed by atoms with Crippen LogP contribution < -0.4 is 0 Å². The van der Waals surface area contributed by atoms with E-state index in [1.807, 2.05) is 60.7 Å². The average Bonchev–Trinajstić information content (AvgIpc) is 2.41. The van der Waals surface area contributed by atoms with Crippen molar-refractivity contribution in [2.24, 2.45) is 0 Å². The Balaban J connectivity index is 2.26. The van der Waals surface area contributed by atoms with Gasteiger partial charge in [0, 0.05) is 5.12 Å². The van der Waals surface area contributed by atoms with Crippen LogP contribution in [0.4, 0.5) is 0 Å². The highest BCUT2D eigenvalue weighted by atomic mass is 32.1. The summed E-state index contributed by atoms with van der Waals surface area (Å²) >= 11 is 4.53. The number of carbonyl (C=O) groups excluding carboxylic acids is 1. The molecule has 2 rings (SSSR count). The standard InChI is InChI=1S/C15H14O2S/c16-14(18)11-17-15(12-7-3-1-4-8-12)13-9-5-2-6-10-13/h1-10,15H,11H2,(H,16,18)/p-1. The van der Waals surface area contributed by atoms with E-state index in [2.05, 4.69) is 12.6 Å². The summed E-state index contributed by atoms with van der Waals surface area (Å²) in [4.78, 5) is 10.9. The van der Waals surface area contributed by atoms with Gasteiger partial charge in [0.05, 0.1) is 6.61 Å². The van der Waals surface area contributed by atoms with Gasteiger partial charge in [0.15, 0.2) is 0 Å². The van der Waals surface area contributed by atoms with Gasteiger partial charge >= 0.3 is 0 Å². The third kappa shape index (κ3) is 3.39. The molecule has 92 valence electrons. The van der Waals surface area contributed by atoms with Gasteiger partial charge in [0.25, 0.3) is 0 Å². The Labute approximate surface area is 112 Å². The van der Waals surface area contributed by atoms with Gasteiger partial charge in [-0.25, -0.2) is 0 Å². The predicted octanol–water partition coefficient (Wildman–Crippen LogP) is 2.87. The first-order valence-electron chi connectivity index (χ1n) is 5.68. The van der Waals surface area contributed by atoms with E-state index >= 15 is 0 Å². The fraction of sp³-hybridized carbons (Fsp3) is 0.133. The molecule has 0 atom stereocenters. The first-order chi connectivity index (χ1) is 8.77. The summed E-state index contributed by atoms with van der Waals surface area (Å²) in [5.41, 5.74) is 2.03. The zero-order chi connectivity index (χ0) is 12.8. The minimum atomic E-state index is -0.383. The van der Waals surface area contributed by atoms with E-state index in [4.69, 9.17) is 4.74 Å². The first kappa shape index (κ1) is 12.7. The van der Waals surface area contributed by atoms with Crippen LogP contribution in [-0.4, -0.2) is 11.7 Å². The molecule has 2 aromatic carbocycles. The Morgan fingerprint density at radius 2 is 1.39 bits per heavy atom. The van der Waals surface area contributed by atoms with E-state index in [0.717, 1.165) is 11.1 Å². The molecule has 0 aliphatic carbocycles. The van der Waals surface area contributed by atoms with Gasteiger partial charge in [-0.05, 0) is 11.1 Å². The molecule has 0 radical (unpaired) electrons.